The van der Waals surface area contributed by atoms with Crippen LogP contribution in [-0.2, 0) is 32.1 Å². The molecular weight excluding hydrogens is 482 g/mol. The Morgan fingerprint density at radius 2 is 1.84 bits per heavy atom. The molecule has 1 aromatic rings. The molecule has 3 atom stereocenters. The summed E-state index contributed by atoms with van der Waals surface area (Å²) in [5, 5.41) is 35.4. The van der Waals surface area contributed by atoms with E-state index in [1.165, 1.54) is 6.07 Å². The van der Waals surface area contributed by atoms with Gasteiger partial charge in [-0.3, -0.25) is 19.7 Å². The molecule has 2 amide bonds. The van der Waals surface area contributed by atoms with Gasteiger partial charge in [-0.05, 0) is 47.3 Å². The number of aromatic hydroxyl groups is 1. The fraction of sp³-hybridized carbons (Fsp3) is 0.462. The van der Waals surface area contributed by atoms with Crippen LogP contribution in [0.3, 0.4) is 0 Å². The lowest BCUT2D eigenvalue weighted by atomic mass is 9.61. The molecule has 8 N–H and O–H groups in total. The zero-order valence-electron chi connectivity index (χ0n) is 20.9. The van der Waals surface area contributed by atoms with Gasteiger partial charge < -0.3 is 31.5 Å². The summed E-state index contributed by atoms with van der Waals surface area (Å²) in [4.78, 5) is 50.0. The number of phenolic OH excluding ortho intramolecular Hbond substituents is 1. The first-order valence-electron chi connectivity index (χ1n) is 12.0. The predicted octanol–water partition coefficient (Wildman–Crippen LogP) is 2.36. The average molecular weight is 514 g/mol. The third-order valence-corrected chi connectivity index (χ3v) is 7.07. The highest BCUT2D eigenvalue weighted by Crippen LogP contribution is 2.51. The van der Waals surface area contributed by atoms with Gasteiger partial charge >= 0.3 is 6.09 Å². The van der Waals surface area contributed by atoms with Crippen molar-refractivity contribution in [3.05, 3.63) is 39.7 Å². The number of hydrogen-bond donors (Lipinski definition) is 6. The second-order valence-corrected chi connectivity index (χ2v) is 11.0. The summed E-state index contributed by atoms with van der Waals surface area (Å²) in [6.07, 6.45) is -0.433. The summed E-state index contributed by atoms with van der Waals surface area (Å²) < 4.78 is 5.20. The molecule has 0 saturated heterocycles. The van der Waals surface area contributed by atoms with Crippen LogP contribution in [0.25, 0.3) is 5.76 Å². The number of anilines is 1. The Bertz CT molecular complexity index is 1290. The van der Waals surface area contributed by atoms with E-state index in [4.69, 9.17) is 16.2 Å². The molecule has 4 rings (SSSR count). The number of allylic oxidation sites excluding steroid dienone is 2. The topological polar surface area (TPSA) is 202 Å². The Labute approximate surface area is 213 Å². The standard InChI is InChI=1S/C26H31N3O8/c1-26(2,3)9-37-25(36)29-14-6-12(8-27)13-5-10-4-11-7-15(30)19(24(28)35)23(34)17(11)21(32)16(10)22(33)18(13)20(14)31/h6,10-11,17,31,33-34H,4-5,7-9,27H2,1-3H3,(H2,28,35)(H,29,36). The minimum Gasteiger partial charge on any atom is -0.511 e. The first-order valence-corrected chi connectivity index (χ1v) is 12.0. The van der Waals surface area contributed by atoms with Crippen molar-refractivity contribution in [2.45, 2.75) is 46.6 Å². The monoisotopic (exact) mass is 513 g/mol. The molecule has 0 aromatic heterocycles. The highest BCUT2D eigenvalue weighted by Gasteiger charge is 2.51. The zero-order chi connectivity index (χ0) is 27.4. The highest BCUT2D eigenvalue weighted by atomic mass is 16.5. The molecule has 198 valence electrons. The molecule has 0 spiro atoms. The number of hydrogen-bond acceptors (Lipinski definition) is 9. The quantitative estimate of drug-likeness (QED) is 0.258. The SMILES string of the molecule is CC(C)(C)COC(=O)Nc1cc(CN)c2c(c1O)C(O)=C1C(=O)C3C(O)=C(C(N)=O)C(=O)CC3CC1C2. The lowest BCUT2D eigenvalue weighted by Crippen LogP contribution is -2.44. The van der Waals surface area contributed by atoms with E-state index in [-0.39, 0.29) is 54.7 Å². The van der Waals surface area contributed by atoms with Crippen LogP contribution in [0.1, 0.15) is 50.3 Å². The lowest BCUT2D eigenvalue weighted by Gasteiger charge is -2.41. The number of aliphatic hydroxyl groups excluding tert-OH is 2. The maximum absolute atomic E-state index is 13.5. The van der Waals surface area contributed by atoms with Gasteiger partial charge in [0, 0.05) is 18.5 Å². The van der Waals surface area contributed by atoms with Crippen LogP contribution in [0.5, 0.6) is 5.75 Å². The van der Waals surface area contributed by atoms with Crippen LogP contribution >= 0.6 is 0 Å². The largest absolute Gasteiger partial charge is 0.511 e. The molecule has 0 bridgehead atoms. The molecule has 37 heavy (non-hydrogen) atoms. The number of benzene rings is 1. The molecule has 1 aromatic carbocycles. The fourth-order valence-electron chi connectivity index (χ4n) is 5.49. The summed E-state index contributed by atoms with van der Waals surface area (Å²) in [6, 6.07) is 1.50. The van der Waals surface area contributed by atoms with E-state index < -0.39 is 64.2 Å². The summed E-state index contributed by atoms with van der Waals surface area (Å²) >= 11 is 0. The van der Waals surface area contributed by atoms with Crippen molar-refractivity contribution in [3.63, 3.8) is 0 Å². The first kappa shape index (κ1) is 26.2. The van der Waals surface area contributed by atoms with Gasteiger partial charge in [-0.25, -0.2) is 4.79 Å². The first-order chi connectivity index (χ1) is 17.2. The maximum Gasteiger partial charge on any atom is 0.411 e. The second kappa shape index (κ2) is 9.22. The van der Waals surface area contributed by atoms with E-state index in [0.717, 1.165) is 0 Å². The van der Waals surface area contributed by atoms with Gasteiger partial charge in [0.25, 0.3) is 5.91 Å². The predicted molar refractivity (Wildman–Crippen MR) is 132 cm³/mol. The Hall–Kier alpha value is -3.86. The number of amides is 2. The Balaban J connectivity index is 1.77. The summed E-state index contributed by atoms with van der Waals surface area (Å²) in [5.41, 5.74) is 11.3. The third-order valence-electron chi connectivity index (χ3n) is 7.07. The van der Waals surface area contributed by atoms with Gasteiger partial charge in [0.2, 0.25) is 0 Å². The molecule has 11 nitrogen and oxygen atoms in total. The van der Waals surface area contributed by atoms with Crippen LogP contribution in [0, 0.1) is 23.2 Å². The number of carbonyl (C=O) groups excluding carboxylic acids is 4. The van der Waals surface area contributed by atoms with Gasteiger partial charge in [-0.2, -0.15) is 0 Å². The van der Waals surface area contributed by atoms with Crippen molar-refractivity contribution >= 4 is 35.0 Å². The van der Waals surface area contributed by atoms with Crippen LogP contribution in [0.2, 0.25) is 0 Å². The Morgan fingerprint density at radius 1 is 1.16 bits per heavy atom. The summed E-state index contributed by atoms with van der Waals surface area (Å²) in [7, 11) is 0. The number of aliphatic hydroxyl groups is 2. The number of rotatable bonds is 4. The molecule has 1 fully saturated rings. The Morgan fingerprint density at radius 3 is 2.43 bits per heavy atom. The van der Waals surface area contributed by atoms with Gasteiger partial charge in [0.05, 0.1) is 23.8 Å². The van der Waals surface area contributed by atoms with Crippen LogP contribution < -0.4 is 16.8 Å². The number of phenols is 1. The highest BCUT2D eigenvalue weighted by molar-refractivity contribution is 6.21. The lowest BCUT2D eigenvalue weighted by molar-refractivity contribution is -0.127. The van der Waals surface area contributed by atoms with Crippen LogP contribution in [-0.4, -0.2) is 45.5 Å². The van der Waals surface area contributed by atoms with Crippen molar-refractivity contribution in [1.82, 2.24) is 0 Å². The number of nitrogens with two attached hydrogens (primary N) is 2. The van der Waals surface area contributed by atoms with Crippen LogP contribution in [0.4, 0.5) is 10.5 Å². The minimum absolute atomic E-state index is 0.0215. The molecule has 3 unspecified atom stereocenters. The van der Waals surface area contributed by atoms with Crippen molar-refractivity contribution in [2.24, 2.45) is 34.6 Å². The molecule has 0 radical (unpaired) electrons. The van der Waals surface area contributed by atoms with E-state index in [9.17, 15) is 34.5 Å². The maximum atomic E-state index is 13.5. The van der Waals surface area contributed by atoms with Crippen molar-refractivity contribution in [3.8, 4) is 5.75 Å². The number of fused-ring (bicyclic) bond motifs is 3. The minimum atomic E-state index is -1.21. The van der Waals surface area contributed by atoms with Crippen molar-refractivity contribution in [2.75, 3.05) is 11.9 Å². The number of ketones is 2. The van der Waals surface area contributed by atoms with Gasteiger partial charge in [0.1, 0.15) is 22.8 Å². The number of ether oxygens (including phenoxy) is 1. The van der Waals surface area contributed by atoms with Gasteiger partial charge in [0.15, 0.2) is 11.6 Å². The molecule has 3 aliphatic carbocycles. The number of carbonyl (C=O) groups is 4. The van der Waals surface area contributed by atoms with Crippen LogP contribution in [0.15, 0.2) is 23.0 Å². The molecular formula is C26H31N3O8. The van der Waals surface area contributed by atoms with Crippen molar-refractivity contribution < 1.29 is 39.2 Å². The number of Topliss-reactive ketones (excluding diaryl/α,β-unsaturated/α-hetero) is 2. The van der Waals surface area contributed by atoms with E-state index in [1.807, 2.05) is 20.8 Å². The van der Waals surface area contributed by atoms with Gasteiger partial charge in [-0.15, -0.1) is 0 Å². The number of primary amides is 1. The molecule has 11 heteroatoms. The van der Waals surface area contributed by atoms with E-state index in [0.29, 0.717) is 11.1 Å². The number of nitrogens with one attached hydrogen (secondary N) is 1. The molecule has 1 saturated carbocycles. The fourth-order valence-corrected chi connectivity index (χ4v) is 5.49. The van der Waals surface area contributed by atoms with E-state index in [1.54, 1.807) is 0 Å². The van der Waals surface area contributed by atoms with Gasteiger partial charge in [-0.1, -0.05) is 20.8 Å². The third kappa shape index (κ3) is 4.55. The average Bonchev–Trinajstić information content (AvgIpc) is 2.78. The summed E-state index contributed by atoms with van der Waals surface area (Å²) in [6.45, 7) is 5.80. The smallest absolute Gasteiger partial charge is 0.411 e. The van der Waals surface area contributed by atoms with Crippen molar-refractivity contribution in [1.29, 1.82) is 0 Å². The summed E-state index contributed by atoms with van der Waals surface area (Å²) in [5.74, 6) is -6.33. The van der Waals surface area contributed by atoms with E-state index in [2.05, 4.69) is 5.32 Å². The molecule has 0 heterocycles. The normalized spacial score (nSPS) is 23.3. The zero-order valence-corrected chi connectivity index (χ0v) is 20.9. The molecule has 3 aliphatic rings. The molecule has 0 aliphatic heterocycles. The van der Waals surface area contributed by atoms with E-state index >= 15 is 0 Å². The second-order valence-electron chi connectivity index (χ2n) is 11.0. The Kier molecular flexibility index (Phi) is 6.53.